The highest BCUT2D eigenvalue weighted by molar-refractivity contribution is 5.76. The number of hydrogen-bond acceptors (Lipinski definition) is 3. The predicted molar refractivity (Wildman–Crippen MR) is 47.2 cm³/mol. The number of rotatable bonds is 2. The van der Waals surface area contributed by atoms with Crippen molar-refractivity contribution in [1.29, 1.82) is 0 Å². The van der Waals surface area contributed by atoms with Crippen molar-refractivity contribution in [2.75, 3.05) is 20.1 Å². The van der Waals surface area contributed by atoms with Crippen LogP contribution in [-0.2, 0) is 4.79 Å². The third-order valence-corrected chi connectivity index (χ3v) is 2.03. The molecule has 1 amide bonds. The quantitative estimate of drug-likeness (QED) is 0.626. The summed E-state index contributed by atoms with van der Waals surface area (Å²) in [5.74, 6) is 0.195. The van der Waals surface area contributed by atoms with Gasteiger partial charge in [0.15, 0.2) is 0 Å². The summed E-state index contributed by atoms with van der Waals surface area (Å²) >= 11 is 0. The second kappa shape index (κ2) is 3.87. The van der Waals surface area contributed by atoms with Crippen molar-refractivity contribution in [2.45, 2.75) is 25.8 Å². The number of nitrogens with zero attached hydrogens (tertiary/aromatic N) is 2. The molecule has 0 radical (unpaired) electrons. The summed E-state index contributed by atoms with van der Waals surface area (Å²) in [6.07, 6.45) is 1.63. The summed E-state index contributed by atoms with van der Waals surface area (Å²) < 4.78 is 0. The maximum absolute atomic E-state index is 11.4. The summed E-state index contributed by atoms with van der Waals surface area (Å²) in [7, 11) is 1.93. The minimum absolute atomic E-state index is 0.0505. The van der Waals surface area contributed by atoms with E-state index in [1.165, 1.54) is 0 Å². The number of hydrazine groups is 1. The van der Waals surface area contributed by atoms with E-state index < -0.39 is 0 Å². The van der Waals surface area contributed by atoms with E-state index >= 15 is 0 Å². The molecule has 0 aromatic carbocycles. The van der Waals surface area contributed by atoms with Crippen molar-refractivity contribution < 1.29 is 4.79 Å². The van der Waals surface area contributed by atoms with Gasteiger partial charge in [0.1, 0.15) is 0 Å². The van der Waals surface area contributed by atoms with Crippen LogP contribution in [0, 0.1) is 0 Å². The molecular weight excluding hydrogens is 154 g/mol. The van der Waals surface area contributed by atoms with Crippen LogP contribution in [0.25, 0.3) is 0 Å². The molecule has 1 heterocycles. The highest BCUT2D eigenvalue weighted by atomic mass is 16.2. The standard InChI is InChI=1S/C8H17N3O/c1-7(9)6-11-8(12)4-3-5-10(11)2/h7H,3-6,9H2,1-2H3. The molecule has 1 unspecified atom stereocenters. The largest absolute Gasteiger partial charge is 0.326 e. The minimum atomic E-state index is 0.0505. The van der Waals surface area contributed by atoms with Crippen molar-refractivity contribution in [1.82, 2.24) is 10.0 Å². The molecule has 1 rings (SSSR count). The van der Waals surface area contributed by atoms with E-state index in [4.69, 9.17) is 5.73 Å². The number of nitrogens with two attached hydrogens (primary N) is 1. The summed E-state index contributed by atoms with van der Waals surface area (Å²) in [5, 5.41) is 3.70. The van der Waals surface area contributed by atoms with Crippen LogP contribution in [0.15, 0.2) is 0 Å². The molecular formula is C8H17N3O. The fourth-order valence-electron chi connectivity index (χ4n) is 1.41. The monoisotopic (exact) mass is 171 g/mol. The molecule has 1 saturated heterocycles. The molecule has 70 valence electrons. The number of amides is 1. The smallest absolute Gasteiger partial charge is 0.236 e. The second-order valence-electron chi connectivity index (χ2n) is 3.44. The molecule has 0 aliphatic carbocycles. The van der Waals surface area contributed by atoms with Gasteiger partial charge in [-0.3, -0.25) is 9.80 Å². The zero-order chi connectivity index (χ0) is 9.14. The Labute approximate surface area is 73.3 Å². The van der Waals surface area contributed by atoms with Gasteiger partial charge in [-0.05, 0) is 13.3 Å². The first-order valence-electron chi connectivity index (χ1n) is 4.38. The first-order chi connectivity index (χ1) is 5.61. The van der Waals surface area contributed by atoms with Crippen molar-refractivity contribution in [3.05, 3.63) is 0 Å². The molecule has 0 spiro atoms. The molecule has 1 atom stereocenters. The van der Waals surface area contributed by atoms with E-state index in [1.807, 2.05) is 19.0 Å². The van der Waals surface area contributed by atoms with E-state index in [9.17, 15) is 4.79 Å². The van der Waals surface area contributed by atoms with E-state index in [-0.39, 0.29) is 11.9 Å². The molecule has 1 fully saturated rings. The topological polar surface area (TPSA) is 49.6 Å². The molecule has 1 aliphatic rings. The Morgan fingerprint density at radius 2 is 2.33 bits per heavy atom. The molecule has 0 aromatic heterocycles. The summed E-state index contributed by atoms with van der Waals surface area (Å²) in [6, 6.07) is 0.0505. The maximum Gasteiger partial charge on any atom is 0.236 e. The van der Waals surface area contributed by atoms with Crippen molar-refractivity contribution in [3.63, 3.8) is 0 Å². The lowest BCUT2D eigenvalue weighted by Gasteiger charge is -2.36. The van der Waals surface area contributed by atoms with Crippen LogP contribution in [-0.4, -0.2) is 42.1 Å². The Balaban J connectivity index is 2.51. The Kier molecular flexibility index (Phi) is 3.05. The number of carbonyl (C=O) groups is 1. The maximum atomic E-state index is 11.4. The van der Waals surface area contributed by atoms with E-state index in [1.54, 1.807) is 5.01 Å². The van der Waals surface area contributed by atoms with Crippen LogP contribution in [0.4, 0.5) is 0 Å². The van der Waals surface area contributed by atoms with Gasteiger partial charge in [0.25, 0.3) is 0 Å². The SMILES string of the molecule is CC(N)CN1C(=O)CCCN1C. The molecule has 1 aliphatic heterocycles. The summed E-state index contributed by atoms with van der Waals surface area (Å²) in [5.41, 5.74) is 5.63. The summed E-state index contributed by atoms with van der Waals surface area (Å²) in [6.45, 7) is 3.50. The molecule has 0 bridgehead atoms. The first kappa shape index (κ1) is 9.48. The lowest BCUT2D eigenvalue weighted by atomic mass is 10.2. The molecule has 2 N–H and O–H groups in total. The second-order valence-corrected chi connectivity index (χ2v) is 3.44. The fraction of sp³-hybridized carbons (Fsp3) is 0.875. The lowest BCUT2D eigenvalue weighted by molar-refractivity contribution is -0.152. The van der Waals surface area contributed by atoms with Crippen LogP contribution in [0.2, 0.25) is 0 Å². The highest BCUT2D eigenvalue weighted by Crippen LogP contribution is 2.09. The van der Waals surface area contributed by atoms with Gasteiger partial charge in [-0.15, -0.1) is 0 Å². The molecule has 4 nitrogen and oxygen atoms in total. The van der Waals surface area contributed by atoms with E-state index in [2.05, 4.69) is 0 Å². The number of carbonyl (C=O) groups excluding carboxylic acids is 1. The minimum Gasteiger partial charge on any atom is -0.326 e. The van der Waals surface area contributed by atoms with Crippen LogP contribution in [0.5, 0.6) is 0 Å². The van der Waals surface area contributed by atoms with Gasteiger partial charge in [-0.25, -0.2) is 5.01 Å². The van der Waals surface area contributed by atoms with Crippen LogP contribution in [0.3, 0.4) is 0 Å². The highest BCUT2D eigenvalue weighted by Gasteiger charge is 2.23. The lowest BCUT2D eigenvalue weighted by Crippen LogP contribution is -2.52. The van der Waals surface area contributed by atoms with Crippen LogP contribution in [0.1, 0.15) is 19.8 Å². The summed E-state index contributed by atoms with van der Waals surface area (Å²) in [4.78, 5) is 11.4. The molecule has 4 heteroatoms. The average Bonchev–Trinajstić information content (AvgIpc) is 1.97. The van der Waals surface area contributed by atoms with Gasteiger partial charge in [-0.2, -0.15) is 0 Å². The van der Waals surface area contributed by atoms with Gasteiger partial charge in [0.2, 0.25) is 5.91 Å². The van der Waals surface area contributed by atoms with Crippen molar-refractivity contribution >= 4 is 5.91 Å². The van der Waals surface area contributed by atoms with Crippen molar-refractivity contribution in [2.24, 2.45) is 5.73 Å². The third-order valence-electron chi connectivity index (χ3n) is 2.03. The van der Waals surface area contributed by atoms with E-state index in [0.717, 1.165) is 13.0 Å². The fourth-order valence-corrected chi connectivity index (χ4v) is 1.41. The van der Waals surface area contributed by atoms with Gasteiger partial charge in [0, 0.05) is 26.1 Å². The molecule has 0 aromatic rings. The van der Waals surface area contributed by atoms with Gasteiger partial charge < -0.3 is 5.73 Å². The number of hydrogen-bond donors (Lipinski definition) is 1. The van der Waals surface area contributed by atoms with Gasteiger partial charge >= 0.3 is 0 Å². The van der Waals surface area contributed by atoms with Gasteiger partial charge in [-0.1, -0.05) is 0 Å². The Morgan fingerprint density at radius 1 is 1.67 bits per heavy atom. The Bertz CT molecular complexity index is 170. The molecule has 0 saturated carbocycles. The zero-order valence-electron chi connectivity index (χ0n) is 7.79. The Hall–Kier alpha value is -0.610. The van der Waals surface area contributed by atoms with Crippen molar-refractivity contribution in [3.8, 4) is 0 Å². The average molecular weight is 171 g/mol. The predicted octanol–water partition coefficient (Wildman–Crippen LogP) is -0.197. The third kappa shape index (κ3) is 2.19. The van der Waals surface area contributed by atoms with E-state index in [0.29, 0.717) is 13.0 Å². The molecule has 12 heavy (non-hydrogen) atoms. The Morgan fingerprint density at radius 3 is 2.83 bits per heavy atom. The van der Waals surface area contributed by atoms with Gasteiger partial charge in [0.05, 0.1) is 6.54 Å². The normalized spacial score (nSPS) is 22.9. The van der Waals surface area contributed by atoms with Crippen LogP contribution < -0.4 is 5.73 Å². The van der Waals surface area contributed by atoms with Crippen LogP contribution >= 0.6 is 0 Å². The zero-order valence-corrected chi connectivity index (χ0v) is 7.79. The first-order valence-corrected chi connectivity index (χ1v) is 4.38.